The molecule has 1 aliphatic rings. The van der Waals surface area contributed by atoms with Crippen LogP contribution in [0.3, 0.4) is 0 Å². The molecular formula is C22H24N6O3. The van der Waals surface area contributed by atoms with Gasteiger partial charge in [-0.05, 0) is 30.3 Å². The number of nitrogens with zero attached hydrogens (tertiary/aromatic N) is 2. The first-order valence-corrected chi connectivity index (χ1v) is 10.2. The highest BCUT2D eigenvalue weighted by atomic mass is 16.2. The summed E-state index contributed by atoms with van der Waals surface area (Å²) in [5.74, 6) is -0.581. The molecule has 31 heavy (non-hydrogen) atoms. The maximum Gasteiger partial charge on any atom is 0.276 e. The molecule has 3 amide bonds. The van der Waals surface area contributed by atoms with Crippen LogP contribution in [-0.2, 0) is 11.3 Å². The quantitative estimate of drug-likeness (QED) is 0.506. The van der Waals surface area contributed by atoms with Gasteiger partial charge >= 0.3 is 0 Å². The van der Waals surface area contributed by atoms with Crippen molar-refractivity contribution in [3.63, 3.8) is 0 Å². The van der Waals surface area contributed by atoms with E-state index in [1.807, 2.05) is 6.92 Å². The molecule has 1 unspecified atom stereocenters. The number of benzene rings is 1. The lowest BCUT2D eigenvalue weighted by atomic mass is 9.96. The van der Waals surface area contributed by atoms with Gasteiger partial charge in [0.15, 0.2) is 5.69 Å². The van der Waals surface area contributed by atoms with Gasteiger partial charge in [0.05, 0.1) is 6.54 Å². The van der Waals surface area contributed by atoms with Gasteiger partial charge in [0.25, 0.3) is 11.8 Å². The SMILES string of the molecule is CCC(=O)Nc1cccc(NC(=O)c2n[nH]c3c2CN(C(=O)c2ccc[nH]2)CC3C)c1. The van der Waals surface area contributed by atoms with Crippen LogP contribution in [0.15, 0.2) is 42.6 Å². The summed E-state index contributed by atoms with van der Waals surface area (Å²) in [4.78, 5) is 42.0. The predicted molar refractivity (Wildman–Crippen MR) is 116 cm³/mol. The number of hydrogen-bond donors (Lipinski definition) is 4. The molecule has 0 saturated heterocycles. The molecule has 0 aliphatic carbocycles. The topological polar surface area (TPSA) is 123 Å². The Morgan fingerprint density at radius 2 is 1.94 bits per heavy atom. The van der Waals surface area contributed by atoms with Gasteiger partial charge < -0.3 is 20.5 Å². The molecule has 9 nitrogen and oxygen atoms in total. The average Bonchev–Trinajstić information content (AvgIpc) is 3.43. The molecule has 2 aromatic heterocycles. The van der Waals surface area contributed by atoms with Gasteiger partial charge in [0.2, 0.25) is 5.91 Å². The Labute approximate surface area is 179 Å². The van der Waals surface area contributed by atoms with E-state index in [9.17, 15) is 14.4 Å². The van der Waals surface area contributed by atoms with Crippen LogP contribution < -0.4 is 10.6 Å². The number of rotatable bonds is 5. The highest BCUT2D eigenvalue weighted by Gasteiger charge is 2.32. The van der Waals surface area contributed by atoms with Crippen LogP contribution in [0.1, 0.15) is 58.4 Å². The van der Waals surface area contributed by atoms with E-state index in [0.29, 0.717) is 42.1 Å². The second kappa shape index (κ2) is 8.47. The summed E-state index contributed by atoms with van der Waals surface area (Å²) in [6.07, 6.45) is 2.08. The molecule has 3 heterocycles. The third-order valence-electron chi connectivity index (χ3n) is 5.29. The van der Waals surface area contributed by atoms with Gasteiger partial charge in [0, 0.05) is 47.7 Å². The molecule has 0 spiro atoms. The van der Waals surface area contributed by atoms with Crippen LogP contribution in [0.5, 0.6) is 0 Å². The van der Waals surface area contributed by atoms with Crippen molar-refractivity contribution in [3.8, 4) is 0 Å². The maximum atomic E-state index is 13.0. The molecule has 0 saturated carbocycles. The summed E-state index contributed by atoms with van der Waals surface area (Å²) in [5, 5.41) is 12.8. The summed E-state index contributed by atoms with van der Waals surface area (Å²) in [5.41, 5.74) is 3.49. The number of carbonyl (C=O) groups is 3. The van der Waals surface area contributed by atoms with Crippen molar-refractivity contribution in [2.24, 2.45) is 0 Å². The summed E-state index contributed by atoms with van der Waals surface area (Å²) in [6, 6.07) is 10.4. The van der Waals surface area contributed by atoms with E-state index in [-0.39, 0.29) is 29.3 Å². The fourth-order valence-electron chi connectivity index (χ4n) is 3.71. The smallest absolute Gasteiger partial charge is 0.276 e. The van der Waals surface area contributed by atoms with Crippen molar-refractivity contribution < 1.29 is 14.4 Å². The Morgan fingerprint density at radius 3 is 2.65 bits per heavy atom. The van der Waals surface area contributed by atoms with E-state index in [2.05, 4.69) is 25.8 Å². The Morgan fingerprint density at radius 1 is 1.16 bits per heavy atom. The number of fused-ring (bicyclic) bond motifs is 1. The average molecular weight is 420 g/mol. The first kappa shape index (κ1) is 20.4. The lowest BCUT2D eigenvalue weighted by molar-refractivity contribution is -0.115. The molecule has 160 valence electrons. The van der Waals surface area contributed by atoms with Gasteiger partial charge in [-0.3, -0.25) is 19.5 Å². The van der Waals surface area contributed by atoms with Crippen molar-refractivity contribution >= 4 is 29.1 Å². The molecule has 1 atom stereocenters. The summed E-state index contributed by atoms with van der Waals surface area (Å²) in [6.45, 7) is 4.59. The Kier molecular flexibility index (Phi) is 5.57. The molecule has 4 N–H and O–H groups in total. The summed E-state index contributed by atoms with van der Waals surface area (Å²) < 4.78 is 0. The Bertz CT molecular complexity index is 1120. The van der Waals surface area contributed by atoms with E-state index in [0.717, 1.165) is 5.69 Å². The van der Waals surface area contributed by atoms with Crippen molar-refractivity contribution in [2.75, 3.05) is 17.2 Å². The Balaban J connectivity index is 1.53. The van der Waals surface area contributed by atoms with E-state index < -0.39 is 0 Å². The number of nitrogens with one attached hydrogen (secondary N) is 4. The second-order valence-corrected chi connectivity index (χ2v) is 7.57. The number of aromatic nitrogens is 3. The zero-order valence-electron chi connectivity index (χ0n) is 17.4. The number of carbonyl (C=O) groups excluding carboxylic acids is 3. The van der Waals surface area contributed by atoms with Crippen molar-refractivity contribution in [1.29, 1.82) is 0 Å². The molecule has 9 heteroatoms. The van der Waals surface area contributed by atoms with Crippen LogP contribution in [-0.4, -0.2) is 44.3 Å². The van der Waals surface area contributed by atoms with Crippen LogP contribution in [0.2, 0.25) is 0 Å². The maximum absolute atomic E-state index is 13.0. The zero-order valence-corrected chi connectivity index (χ0v) is 17.4. The molecule has 0 fully saturated rings. The third-order valence-corrected chi connectivity index (χ3v) is 5.29. The van der Waals surface area contributed by atoms with Gasteiger partial charge in [-0.25, -0.2) is 0 Å². The van der Waals surface area contributed by atoms with Crippen LogP contribution in [0.25, 0.3) is 0 Å². The van der Waals surface area contributed by atoms with Crippen molar-refractivity contribution in [3.05, 3.63) is 65.2 Å². The minimum atomic E-state index is -0.377. The fraction of sp³-hybridized carbons (Fsp3) is 0.273. The van der Waals surface area contributed by atoms with Gasteiger partial charge in [-0.2, -0.15) is 5.10 Å². The van der Waals surface area contributed by atoms with Crippen LogP contribution >= 0.6 is 0 Å². The van der Waals surface area contributed by atoms with Crippen LogP contribution in [0.4, 0.5) is 11.4 Å². The highest BCUT2D eigenvalue weighted by molar-refractivity contribution is 6.04. The number of amides is 3. The zero-order chi connectivity index (χ0) is 22.0. The first-order valence-electron chi connectivity index (χ1n) is 10.2. The molecule has 1 aliphatic heterocycles. The second-order valence-electron chi connectivity index (χ2n) is 7.57. The van der Waals surface area contributed by atoms with Crippen molar-refractivity contribution in [1.82, 2.24) is 20.1 Å². The number of anilines is 2. The summed E-state index contributed by atoms with van der Waals surface area (Å²) >= 11 is 0. The number of H-pyrrole nitrogens is 2. The predicted octanol–water partition coefficient (Wildman–Crippen LogP) is 3.10. The lowest BCUT2D eigenvalue weighted by Gasteiger charge is -2.30. The highest BCUT2D eigenvalue weighted by Crippen LogP contribution is 2.30. The monoisotopic (exact) mass is 420 g/mol. The summed E-state index contributed by atoms with van der Waals surface area (Å²) in [7, 11) is 0. The number of aromatic amines is 2. The molecular weight excluding hydrogens is 396 g/mol. The molecule has 0 bridgehead atoms. The number of hydrogen-bond acceptors (Lipinski definition) is 4. The standard InChI is InChI=1S/C22H24N6O3/c1-3-18(29)24-14-6-4-7-15(10-14)25-21(30)20-16-12-28(11-13(2)19(16)26-27-20)22(31)17-8-5-9-23-17/h4-10,13,23H,3,11-12H2,1-2H3,(H,24,29)(H,25,30)(H,26,27). The van der Waals surface area contributed by atoms with E-state index in [1.54, 1.807) is 54.4 Å². The Hall–Kier alpha value is -3.88. The minimum absolute atomic E-state index is 0.0179. The van der Waals surface area contributed by atoms with Gasteiger partial charge in [-0.1, -0.05) is 19.9 Å². The molecule has 3 aromatic rings. The largest absolute Gasteiger partial charge is 0.357 e. The third kappa shape index (κ3) is 4.20. The van der Waals surface area contributed by atoms with Gasteiger partial charge in [0.1, 0.15) is 5.69 Å². The normalized spacial score (nSPS) is 15.3. The molecule has 1 aromatic carbocycles. The molecule has 4 rings (SSSR count). The fourth-order valence-corrected chi connectivity index (χ4v) is 3.71. The first-order chi connectivity index (χ1) is 15.0. The van der Waals surface area contributed by atoms with Crippen LogP contribution in [0, 0.1) is 0 Å². The molecule has 0 radical (unpaired) electrons. The van der Waals surface area contributed by atoms with Gasteiger partial charge in [-0.15, -0.1) is 0 Å². The van der Waals surface area contributed by atoms with E-state index >= 15 is 0 Å². The van der Waals surface area contributed by atoms with E-state index in [1.165, 1.54) is 0 Å². The van der Waals surface area contributed by atoms with E-state index in [4.69, 9.17) is 0 Å². The lowest BCUT2D eigenvalue weighted by Crippen LogP contribution is -2.38. The van der Waals surface area contributed by atoms with Crippen molar-refractivity contribution in [2.45, 2.75) is 32.7 Å². The minimum Gasteiger partial charge on any atom is -0.357 e.